The molecule has 0 aromatic heterocycles. The molecule has 0 N–H and O–H groups in total. The highest BCUT2D eigenvalue weighted by Crippen LogP contribution is 2.21. The summed E-state index contributed by atoms with van der Waals surface area (Å²) in [5, 5.41) is 0. The van der Waals surface area contributed by atoms with Gasteiger partial charge in [0, 0.05) is 12.0 Å². The molecule has 0 aliphatic carbocycles. The second-order valence-electron chi connectivity index (χ2n) is 5.00. The zero-order chi connectivity index (χ0) is 14.5. The maximum Gasteiger partial charge on any atom is 0.163 e. The minimum Gasteiger partial charge on any atom is -0.496 e. The highest BCUT2D eigenvalue weighted by atomic mass is 16.5. The molecule has 2 rings (SSSR count). The van der Waals surface area contributed by atoms with E-state index in [1.807, 2.05) is 56.3 Å². The van der Waals surface area contributed by atoms with Crippen molar-refractivity contribution in [1.29, 1.82) is 0 Å². The first-order valence-electron chi connectivity index (χ1n) is 6.84. The Balaban J connectivity index is 2.13. The van der Waals surface area contributed by atoms with Gasteiger partial charge in [-0.15, -0.1) is 0 Å². The fourth-order valence-electron chi connectivity index (χ4n) is 2.54. The minimum atomic E-state index is 0.200. The summed E-state index contributed by atoms with van der Waals surface area (Å²) < 4.78 is 5.32. The molecule has 0 saturated carbocycles. The fourth-order valence-corrected chi connectivity index (χ4v) is 2.54. The van der Waals surface area contributed by atoms with E-state index in [0.717, 1.165) is 28.0 Å². The van der Waals surface area contributed by atoms with Gasteiger partial charge in [0.25, 0.3) is 0 Å². The van der Waals surface area contributed by atoms with E-state index in [4.69, 9.17) is 4.74 Å². The van der Waals surface area contributed by atoms with Gasteiger partial charge >= 0.3 is 0 Å². The van der Waals surface area contributed by atoms with Crippen molar-refractivity contribution in [3.8, 4) is 5.75 Å². The van der Waals surface area contributed by atoms with Crippen molar-refractivity contribution in [3.63, 3.8) is 0 Å². The summed E-state index contributed by atoms with van der Waals surface area (Å²) in [4.78, 5) is 12.4. The fraction of sp³-hybridized carbons (Fsp3) is 0.278. The molecule has 0 aliphatic rings. The molecule has 0 aliphatic heterocycles. The van der Waals surface area contributed by atoms with Crippen molar-refractivity contribution >= 4 is 5.78 Å². The highest BCUT2D eigenvalue weighted by Gasteiger charge is 2.12. The first kappa shape index (κ1) is 14.3. The number of benzene rings is 2. The second-order valence-corrected chi connectivity index (χ2v) is 5.00. The normalized spacial score (nSPS) is 10.3. The van der Waals surface area contributed by atoms with E-state index in [9.17, 15) is 4.79 Å². The molecule has 2 nitrogen and oxygen atoms in total. The molecule has 0 amide bonds. The molecule has 0 fully saturated rings. The predicted octanol–water partition coefficient (Wildman–Crippen LogP) is 4.13. The third-order valence-electron chi connectivity index (χ3n) is 3.57. The van der Waals surface area contributed by atoms with Crippen LogP contribution < -0.4 is 4.74 Å². The molecule has 2 heteroatoms. The van der Waals surface area contributed by atoms with Gasteiger partial charge in [0.15, 0.2) is 5.78 Å². The topological polar surface area (TPSA) is 26.3 Å². The maximum atomic E-state index is 12.4. The lowest BCUT2D eigenvalue weighted by Crippen LogP contribution is -2.06. The van der Waals surface area contributed by atoms with Crippen molar-refractivity contribution in [1.82, 2.24) is 0 Å². The SMILES string of the molecule is COc1ccccc1CCC(=O)c1c(C)cccc1C. The van der Waals surface area contributed by atoms with Gasteiger partial charge in [-0.2, -0.15) is 0 Å². The Hall–Kier alpha value is -2.09. The van der Waals surface area contributed by atoms with E-state index >= 15 is 0 Å². The van der Waals surface area contributed by atoms with Crippen molar-refractivity contribution in [2.75, 3.05) is 7.11 Å². The lowest BCUT2D eigenvalue weighted by molar-refractivity contribution is 0.0981. The van der Waals surface area contributed by atoms with Crippen LogP contribution >= 0.6 is 0 Å². The van der Waals surface area contributed by atoms with Crippen LogP contribution in [-0.2, 0) is 6.42 Å². The number of para-hydroxylation sites is 1. The maximum absolute atomic E-state index is 12.4. The van der Waals surface area contributed by atoms with Gasteiger partial charge in [0.1, 0.15) is 5.75 Å². The summed E-state index contributed by atoms with van der Waals surface area (Å²) >= 11 is 0. The Kier molecular flexibility index (Phi) is 4.57. The number of ether oxygens (including phenoxy) is 1. The summed E-state index contributed by atoms with van der Waals surface area (Å²) in [6, 6.07) is 13.8. The summed E-state index contributed by atoms with van der Waals surface area (Å²) in [7, 11) is 1.66. The number of aryl methyl sites for hydroxylation is 3. The van der Waals surface area contributed by atoms with Gasteiger partial charge in [-0.05, 0) is 43.0 Å². The van der Waals surface area contributed by atoms with E-state index in [1.165, 1.54) is 0 Å². The number of hydrogen-bond acceptors (Lipinski definition) is 2. The largest absolute Gasteiger partial charge is 0.496 e. The number of rotatable bonds is 5. The first-order valence-corrected chi connectivity index (χ1v) is 6.84. The molecule has 0 bridgehead atoms. The molecular weight excluding hydrogens is 248 g/mol. The summed E-state index contributed by atoms with van der Waals surface area (Å²) in [5.74, 6) is 1.05. The van der Waals surface area contributed by atoms with Crippen LogP contribution in [0.25, 0.3) is 0 Å². The van der Waals surface area contributed by atoms with E-state index in [2.05, 4.69) is 0 Å². The number of Topliss-reactive ketones (excluding diaryl/α,β-unsaturated/α-hetero) is 1. The Labute approximate surface area is 120 Å². The Bertz CT molecular complexity index is 594. The molecule has 0 radical (unpaired) electrons. The summed E-state index contributed by atoms with van der Waals surface area (Å²) in [5.41, 5.74) is 4.04. The monoisotopic (exact) mass is 268 g/mol. The van der Waals surface area contributed by atoms with E-state index in [1.54, 1.807) is 7.11 Å². The number of carbonyl (C=O) groups excluding carboxylic acids is 1. The Morgan fingerprint density at radius 1 is 1.00 bits per heavy atom. The van der Waals surface area contributed by atoms with Crippen molar-refractivity contribution in [2.45, 2.75) is 26.7 Å². The molecule has 0 unspecified atom stereocenters. The molecule has 0 atom stereocenters. The van der Waals surface area contributed by atoms with Crippen LogP contribution in [0.4, 0.5) is 0 Å². The van der Waals surface area contributed by atoms with E-state index in [-0.39, 0.29) is 5.78 Å². The smallest absolute Gasteiger partial charge is 0.163 e. The number of methoxy groups -OCH3 is 1. The Morgan fingerprint density at radius 3 is 2.30 bits per heavy atom. The van der Waals surface area contributed by atoms with Gasteiger partial charge in [-0.1, -0.05) is 36.4 Å². The van der Waals surface area contributed by atoms with Crippen LogP contribution in [0.1, 0.15) is 33.5 Å². The van der Waals surface area contributed by atoms with Crippen LogP contribution in [0.2, 0.25) is 0 Å². The van der Waals surface area contributed by atoms with Crippen molar-refractivity contribution in [2.24, 2.45) is 0 Å². The van der Waals surface area contributed by atoms with Gasteiger partial charge in [-0.25, -0.2) is 0 Å². The second kappa shape index (κ2) is 6.38. The predicted molar refractivity (Wildman–Crippen MR) is 81.6 cm³/mol. The average molecular weight is 268 g/mol. The standard InChI is InChI=1S/C18H20O2/c1-13-7-6-8-14(2)18(13)16(19)12-11-15-9-4-5-10-17(15)20-3/h4-10H,11-12H2,1-3H3. The molecule has 2 aromatic rings. The van der Waals surface area contributed by atoms with Gasteiger partial charge in [0.05, 0.1) is 7.11 Å². The number of ketones is 1. The van der Waals surface area contributed by atoms with Crippen molar-refractivity contribution in [3.05, 3.63) is 64.7 Å². The molecule has 20 heavy (non-hydrogen) atoms. The lowest BCUT2D eigenvalue weighted by Gasteiger charge is -2.10. The quantitative estimate of drug-likeness (QED) is 0.762. The number of carbonyl (C=O) groups is 1. The van der Waals surface area contributed by atoms with Gasteiger partial charge < -0.3 is 4.74 Å². The van der Waals surface area contributed by atoms with Crippen LogP contribution in [-0.4, -0.2) is 12.9 Å². The summed E-state index contributed by atoms with van der Waals surface area (Å²) in [6.45, 7) is 3.98. The molecule has 104 valence electrons. The van der Waals surface area contributed by atoms with E-state index in [0.29, 0.717) is 12.8 Å². The number of hydrogen-bond donors (Lipinski definition) is 0. The Morgan fingerprint density at radius 2 is 1.65 bits per heavy atom. The highest BCUT2D eigenvalue weighted by molar-refractivity contribution is 5.98. The molecule has 2 aromatic carbocycles. The van der Waals surface area contributed by atoms with Gasteiger partial charge in [-0.3, -0.25) is 4.79 Å². The van der Waals surface area contributed by atoms with Crippen LogP contribution in [0.5, 0.6) is 5.75 Å². The third-order valence-corrected chi connectivity index (χ3v) is 3.57. The van der Waals surface area contributed by atoms with Gasteiger partial charge in [0.2, 0.25) is 0 Å². The van der Waals surface area contributed by atoms with Crippen LogP contribution in [0.3, 0.4) is 0 Å². The molecule has 0 saturated heterocycles. The summed E-state index contributed by atoms with van der Waals surface area (Å²) in [6.07, 6.45) is 1.21. The third kappa shape index (κ3) is 3.08. The van der Waals surface area contributed by atoms with E-state index < -0.39 is 0 Å². The molecule has 0 heterocycles. The minimum absolute atomic E-state index is 0.200. The molecular formula is C18H20O2. The van der Waals surface area contributed by atoms with Crippen LogP contribution in [0.15, 0.2) is 42.5 Å². The zero-order valence-corrected chi connectivity index (χ0v) is 12.3. The lowest BCUT2D eigenvalue weighted by atomic mass is 9.95. The van der Waals surface area contributed by atoms with Crippen LogP contribution in [0, 0.1) is 13.8 Å². The average Bonchev–Trinajstić information content (AvgIpc) is 2.45. The zero-order valence-electron chi connectivity index (χ0n) is 12.3. The van der Waals surface area contributed by atoms with Crippen molar-refractivity contribution < 1.29 is 9.53 Å². The molecule has 0 spiro atoms. The first-order chi connectivity index (χ1) is 9.63.